The first-order chi connectivity index (χ1) is 13.1. The van der Waals surface area contributed by atoms with Crippen molar-refractivity contribution in [1.29, 1.82) is 0 Å². The number of hydrogen-bond donors (Lipinski definition) is 1. The van der Waals surface area contributed by atoms with E-state index in [0.717, 1.165) is 32.0 Å². The lowest BCUT2D eigenvalue weighted by Crippen LogP contribution is -2.46. The quantitative estimate of drug-likeness (QED) is 0.474. The molecule has 0 saturated heterocycles. The van der Waals surface area contributed by atoms with Gasteiger partial charge in [0, 0.05) is 43.5 Å². The SMILES string of the molecule is CN=C(NCC(=O)N1CCc2sccc2C1)N(C)Cc1ccc(SC)cc1. The number of thioether (sulfide) groups is 1. The maximum atomic E-state index is 12.6. The molecule has 5 nitrogen and oxygen atoms in total. The Balaban J connectivity index is 1.51. The molecule has 2 heterocycles. The van der Waals surface area contributed by atoms with Gasteiger partial charge >= 0.3 is 0 Å². The van der Waals surface area contributed by atoms with Crippen LogP contribution in [0.3, 0.4) is 0 Å². The van der Waals surface area contributed by atoms with Gasteiger partial charge in [-0.2, -0.15) is 0 Å². The van der Waals surface area contributed by atoms with Gasteiger partial charge in [-0.05, 0) is 47.4 Å². The van der Waals surface area contributed by atoms with Crippen molar-refractivity contribution < 1.29 is 4.79 Å². The number of benzene rings is 1. The van der Waals surface area contributed by atoms with Crippen LogP contribution in [0.5, 0.6) is 0 Å². The number of amides is 1. The minimum absolute atomic E-state index is 0.116. The number of aliphatic imine (C=N–C) groups is 1. The Hall–Kier alpha value is -1.99. The van der Waals surface area contributed by atoms with Crippen LogP contribution in [0.25, 0.3) is 0 Å². The summed E-state index contributed by atoms with van der Waals surface area (Å²) in [6.45, 7) is 2.52. The van der Waals surface area contributed by atoms with Gasteiger partial charge < -0.3 is 15.1 Å². The molecule has 0 fully saturated rings. The van der Waals surface area contributed by atoms with E-state index in [4.69, 9.17) is 0 Å². The standard InChI is InChI=1S/C20H26N4OS2/c1-21-20(23(2)13-15-4-6-17(26-3)7-5-15)22-12-19(25)24-10-8-18-16(14-24)9-11-27-18/h4-7,9,11H,8,10,12-14H2,1-3H3,(H,21,22). The lowest BCUT2D eigenvalue weighted by atomic mass is 10.1. The van der Waals surface area contributed by atoms with Crippen molar-refractivity contribution in [3.05, 3.63) is 51.7 Å². The van der Waals surface area contributed by atoms with Crippen LogP contribution in [0.1, 0.15) is 16.0 Å². The molecule has 1 amide bonds. The van der Waals surface area contributed by atoms with Crippen LogP contribution in [-0.4, -0.2) is 55.1 Å². The molecule has 0 saturated carbocycles. The number of carbonyl (C=O) groups excluding carboxylic acids is 1. The van der Waals surface area contributed by atoms with Crippen LogP contribution in [0.4, 0.5) is 0 Å². The van der Waals surface area contributed by atoms with Crippen molar-refractivity contribution in [3.63, 3.8) is 0 Å². The number of guanidine groups is 1. The molecule has 0 spiro atoms. The van der Waals surface area contributed by atoms with E-state index in [1.165, 1.54) is 20.9 Å². The average molecular weight is 403 g/mol. The Morgan fingerprint density at radius 3 is 2.81 bits per heavy atom. The number of nitrogens with zero attached hydrogens (tertiary/aromatic N) is 3. The van der Waals surface area contributed by atoms with Gasteiger partial charge in [-0.1, -0.05) is 12.1 Å². The predicted octanol–water partition coefficient (Wildman–Crippen LogP) is 3.06. The van der Waals surface area contributed by atoms with Crippen molar-refractivity contribution >= 4 is 35.0 Å². The Morgan fingerprint density at radius 1 is 1.33 bits per heavy atom. The van der Waals surface area contributed by atoms with E-state index in [9.17, 15) is 4.79 Å². The van der Waals surface area contributed by atoms with Gasteiger partial charge in [-0.25, -0.2) is 0 Å². The molecule has 1 aromatic carbocycles. The van der Waals surface area contributed by atoms with Crippen LogP contribution in [0.15, 0.2) is 45.6 Å². The molecule has 1 aliphatic heterocycles. The summed E-state index contributed by atoms with van der Waals surface area (Å²) < 4.78 is 0. The van der Waals surface area contributed by atoms with Crippen LogP contribution < -0.4 is 5.32 Å². The number of carbonyl (C=O) groups is 1. The summed E-state index contributed by atoms with van der Waals surface area (Å²) in [6, 6.07) is 10.6. The third kappa shape index (κ3) is 5.05. The zero-order valence-electron chi connectivity index (χ0n) is 16.1. The van der Waals surface area contributed by atoms with Crippen molar-refractivity contribution in [2.45, 2.75) is 24.4 Å². The molecule has 7 heteroatoms. The second-order valence-corrected chi connectivity index (χ2v) is 8.42. The largest absolute Gasteiger partial charge is 0.347 e. The molecule has 2 aromatic rings. The van der Waals surface area contributed by atoms with Crippen LogP contribution in [0, 0.1) is 0 Å². The normalized spacial score (nSPS) is 14.0. The van der Waals surface area contributed by atoms with Gasteiger partial charge in [0.05, 0.1) is 6.54 Å². The van der Waals surface area contributed by atoms with Gasteiger partial charge in [0.15, 0.2) is 5.96 Å². The number of thiophene rings is 1. The number of rotatable bonds is 5. The molecule has 27 heavy (non-hydrogen) atoms. The molecule has 0 atom stereocenters. The van der Waals surface area contributed by atoms with E-state index < -0.39 is 0 Å². The molecule has 144 valence electrons. The average Bonchev–Trinajstić information content (AvgIpc) is 3.16. The summed E-state index contributed by atoms with van der Waals surface area (Å²) in [5.74, 6) is 0.844. The maximum Gasteiger partial charge on any atom is 0.242 e. The van der Waals surface area contributed by atoms with E-state index in [0.29, 0.717) is 0 Å². The molecule has 1 aliphatic rings. The fourth-order valence-electron chi connectivity index (χ4n) is 3.19. The Labute approximate surface area is 169 Å². The topological polar surface area (TPSA) is 47.9 Å². The van der Waals surface area contributed by atoms with Gasteiger partial charge in [-0.15, -0.1) is 23.1 Å². The molecular weight excluding hydrogens is 376 g/mol. The third-order valence-electron chi connectivity index (χ3n) is 4.71. The highest BCUT2D eigenvalue weighted by atomic mass is 32.2. The summed E-state index contributed by atoms with van der Waals surface area (Å²) in [4.78, 5) is 23.5. The van der Waals surface area contributed by atoms with Gasteiger partial charge in [0.2, 0.25) is 5.91 Å². The van der Waals surface area contributed by atoms with Crippen molar-refractivity contribution in [1.82, 2.24) is 15.1 Å². The Morgan fingerprint density at radius 2 is 2.11 bits per heavy atom. The van der Waals surface area contributed by atoms with Gasteiger partial charge in [0.1, 0.15) is 0 Å². The molecule has 1 aromatic heterocycles. The zero-order chi connectivity index (χ0) is 19.2. The Kier molecular flexibility index (Phi) is 6.79. The predicted molar refractivity (Wildman–Crippen MR) is 114 cm³/mol. The molecule has 1 N–H and O–H groups in total. The van der Waals surface area contributed by atoms with Gasteiger partial charge in [0.25, 0.3) is 0 Å². The first-order valence-electron chi connectivity index (χ1n) is 8.98. The first-order valence-corrected chi connectivity index (χ1v) is 11.1. The molecule has 0 aliphatic carbocycles. The molecule has 0 bridgehead atoms. The van der Waals surface area contributed by atoms with E-state index in [1.54, 1.807) is 30.1 Å². The highest BCUT2D eigenvalue weighted by Gasteiger charge is 2.21. The minimum atomic E-state index is 0.116. The lowest BCUT2D eigenvalue weighted by molar-refractivity contribution is -0.130. The van der Waals surface area contributed by atoms with Crippen LogP contribution in [0.2, 0.25) is 0 Å². The number of fused-ring (bicyclic) bond motifs is 1. The maximum absolute atomic E-state index is 12.6. The Bertz CT molecular complexity index is 801. The minimum Gasteiger partial charge on any atom is -0.347 e. The summed E-state index contributed by atoms with van der Waals surface area (Å²) >= 11 is 3.52. The van der Waals surface area contributed by atoms with Crippen molar-refractivity contribution in [2.75, 3.05) is 33.4 Å². The molecule has 0 radical (unpaired) electrons. The summed E-state index contributed by atoms with van der Waals surface area (Å²) in [7, 11) is 3.74. The smallest absolute Gasteiger partial charge is 0.242 e. The first kappa shape index (κ1) is 19.8. The van der Waals surface area contributed by atoms with E-state index in [2.05, 4.69) is 52.3 Å². The fourth-order valence-corrected chi connectivity index (χ4v) is 4.49. The molecule has 0 unspecified atom stereocenters. The third-order valence-corrected chi connectivity index (χ3v) is 6.48. The fraction of sp³-hybridized carbons (Fsp3) is 0.400. The van der Waals surface area contributed by atoms with Crippen LogP contribution >= 0.6 is 23.1 Å². The monoisotopic (exact) mass is 402 g/mol. The molecular formula is C20H26N4OS2. The van der Waals surface area contributed by atoms with Crippen molar-refractivity contribution in [3.8, 4) is 0 Å². The second kappa shape index (κ2) is 9.28. The number of nitrogens with one attached hydrogen (secondary N) is 1. The van der Waals surface area contributed by atoms with Crippen molar-refractivity contribution in [2.24, 2.45) is 4.99 Å². The summed E-state index contributed by atoms with van der Waals surface area (Å²) in [5.41, 5.74) is 2.50. The summed E-state index contributed by atoms with van der Waals surface area (Å²) in [6.07, 6.45) is 3.03. The number of hydrogen-bond acceptors (Lipinski definition) is 4. The summed E-state index contributed by atoms with van der Waals surface area (Å²) in [5, 5.41) is 5.32. The van der Waals surface area contributed by atoms with E-state index in [-0.39, 0.29) is 12.5 Å². The lowest BCUT2D eigenvalue weighted by Gasteiger charge is -2.28. The van der Waals surface area contributed by atoms with E-state index >= 15 is 0 Å². The molecule has 3 rings (SSSR count). The zero-order valence-corrected chi connectivity index (χ0v) is 17.7. The highest BCUT2D eigenvalue weighted by molar-refractivity contribution is 7.98. The van der Waals surface area contributed by atoms with E-state index in [1.807, 2.05) is 16.8 Å². The second-order valence-electron chi connectivity index (χ2n) is 6.54. The highest BCUT2D eigenvalue weighted by Crippen LogP contribution is 2.23. The van der Waals surface area contributed by atoms with Gasteiger partial charge in [-0.3, -0.25) is 9.79 Å². The van der Waals surface area contributed by atoms with Crippen LogP contribution in [-0.2, 0) is 24.3 Å².